The second-order valence-corrected chi connectivity index (χ2v) is 3.40. The Bertz CT molecular complexity index is 144. The summed E-state index contributed by atoms with van der Waals surface area (Å²) < 4.78 is 17.8. The van der Waals surface area contributed by atoms with Crippen LogP contribution >= 0.6 is 15.6 Å². The normalized spacial score (nSPS) is 9.47. The molecule has 0 saturated carbocycles. The van der Waals surface area contributed by atoms with Crippen molar-refractivity contribution in [2.45, 2.75) is 20.8 Å². The van der Waals surface area contributed by atoms with Crippen molar-refractivity contribution in [2.75, 3.05) is 6.61 Å². The van der Waals surface area contributed by atoms with Crippen LogP contribution < -0.4 is 0 Å². The molecule has 15 heavy (non-hydrogen) atoms. The molecule has 0 aromatic carbocycles. The first-order valence-corrected chi connectivity index (χ1v) is 6.72. The zero-order valence-corrected chi connectivity index (χ0v) is 10.3. The van der Waals surface area contributed by atoms with Crippen molar-refractivity contribution in [1.82, 2.24) is 0 Å². The lowest BCUT2D eigenvalue weighted by Gasteiger charge is -1.82. The van der Waals surface area contributed by atoms with Crippen LogP contribution in [-0.2, 0) is 9.13 Å². The van der Waals surface area contributed by atoms with Gasteiger partial charge in [-0.3, -0.25) is 0 Å². The smallest absolute Gasteiger partial charge is 0.397 e. The van der Waals surface area contributed by atoms with E-state index in [9.17, 15) is 0 Å². The third-order valence-electron chi connectivity index (χ3n) is 0. The van der Waals surface area contributed by atoms with Crippen molar-refractivity contribution in [1.29, 1.82) is 0 Å². The van der Waals surface area contributed by atoms with Crippen molar-refractivity contribution in [3.63, 3.8) is 0 Å². The summed E-state index contributed by atoms with van der Waals surface area (Å²) in [5, 5.41) is 7.57. The highest BCUT2D eigenvalue weighted by molar-refractivity contribution is 7.45. The topological polar surface area (TPSA) is 176 Å². The second-order valence-electron chi connectivity index (χ2n) is 1.34. The van der Waals surface area contributed by atoms with Gasteiger partial charge in [-0.15, -0.1) is 0 Å². The van der Waals surface area contributed by atoms with E-state index in [-0.39, 0.29) is 6.61 Å². The van der Waals surface area contributed by atoms with E-state index in [1.807, 2.05) is 13.8 Å². The summed E-state index contributed by atoms with van der Waals surface area (Å²) in [5.41, 5.74) is 0. The lowest BCUT2D eigenvalue weighted by molar-refractivity contribution is 0.272. The molecule has 0 aromatic heterocycles. The molecular weight excluding hydrogens is 254 g/mol. The summed E-state index contributed by atoms with van der Waals surface area (Å²) >= 11 is 0. The zero-order chi connectivity index (χ0) is 13.7. The molecule has 0 amide bonds. The Morgan fingerprint density at radius 2 is 0.800 bits per heavy atom. The molecule has 7 N–H and O–H groups in total. The summed E-state index contributed by atoms with van der Waals surface area (Å²) in [6, 6.07) is 0. The second kappa shape index (κ2) is 14.2. The minimum absolute atomic E-state index is 0.250. The Kier molecular flexibility index (Phi) is 23.1. The van der Waals surface area contributed by atoms with E-state index >= 15 is 0 Å². The molecule has 98 valence electrons. The van der Waals surface area contributed by atoms with Gasteiger partial charge < -0.3 is 34.5 Å². The fourth-order valence-electron chi connectivity index (χ4n) is 0. The van der Waals surface area contributed by atoms with Crippen LogP contribution in [-0.4, -0.2) is 41.1 Å². The fraction of sp³-hybridized carbons (Fsp3) is 1.00. The minimum Gasteiger partial charge on any atom is -0.397 e. The molecule has 0 radical (unpaired) electrons. The predicted molar refractivity (Wildman–Crippen MR) is 52.6 cm³/mol. The van der Waals surface area contributed by atoms with E-state index in [1.165, 1.54) is 0 Å². The molecule has 0 unspecified atom stereocenters. The number of rotatable bonds is 0. The van der Waals surface area contributed by atoms with Crippen molar-refractivity contribution in [3.8, 4) is 0 Å². The standard InChI is InChI=1S/C2H6O.C2H6.2H3O4P/c1-2-3;1-2;2*1-5(2,3)4/h3H,2H2,1H3;1-2H3;2*(H3,1,2,3,4). The van der Waals surface area contributed by atoms with Crippen LogP contribution in [0.1, 0.15) is 20.8 Å². The van der Waals surface area contributed by atoms with Crippen LogP contribution in [0.5, 0.6) is 0 Å². The Morgan fingerprint density at radius 3 is 0.800 bits per heavy atom. The van der Waals surface area contributed by atoms with Gasteiger partial charge in [0.15, 0.2) is 0 Å². The molecule has 0 rings (SSSR count). The third-order valence-corrected chi connectivity index (χ3v) is 0. The van der Waals surface area contributed by atoms with Crippen molar-refractivity contribution < 1.29 is 43.6 Å². The number of hydrogen-bond donors (Lipinski definition) is 7. The van der Waals surface area contributed by atoms with E-state index in [2.05, 4.69) is 0 Å². The lowest BCUT2D eigenvalue weighted by atomic mass is 10.9. The van der Waals surface area contributed by atoms with Gasteiger partial charge in [0.2, 0.25) is 0 Å². The number of aliphatic hydroxyl groups excluding tert-OH is 1. The first-order valence-electron chi connectivity index (χ1n) is 3.59. The summed E-state index contributed by atoms with van der Waals surface area (Å²) in [4.78, 5) is 43.1. The number of hydrogen-bond acceptors (Lipinski definition) is 3. The van der Waals surface area contributed by atoms with Gasteiger partial charge in [-0.1, -0.05) is 13.8 Å². The Hall–Kier alpha value is 0.180. The van der Waals surface area contributed by atoms with Crippen molar-refractivity contribution >= 4 is 15.6 Å². The van der Waals surface area contributed by atoms with Crippen LogP contribution in [0.15, 0.2) is 0 Å². The molecule has 0 fully saturated rings. The van der Waals surface area contributed by atoms with Gasteiger partial charge in [-0.2, -0.15) is 0 Å². The van der Waals surface area contributed by atoms with E-state index in [1.54, 1.807) is 6.92 Å². The molecule has 0 spiro atoms. The summed E-state index contributed by atoms with van der Waals surface area (Å²) in [7, 11) is -9.28. The lowest BCUT2D eigenvalue weighted by Crippen LogP contribution is -1.66. The van der Waals surface area contributed by atoms with Gasteiger partial charge in [0.05, 0.1) is 0 Å². The monoisotopic (exact) mass is 272 g/mol. The molecule has 0 aliphatic rings. The number of phosphoric acid groups is 2. The van der Waals surface area contributed by atoms with Gasteiger partial charge in [-0.25, -0.2) is 9.13 Å². The quantitative estimate of drug-likeness (QED) is 0.277. The van der Waals surface area contributed by atoms with Crippen molar-refractivity contribution in [3.05, 3.63) is 0 Å². The molecule has 0 saturated heterocycles. The Labute approximate surface area is 87.5 Å². The molecule has 0 aromatic rings. The number of aliphatic hydroxyl groups is 1. The molecule has 9 nitrogen and oxygen atoms in total. The summed E-state index contributed by atoms with van der Waals surface area (Å²) in [6.07, 6.45) is 0. The maximum absolute atomic E-state index is 8.88. The third kappa shape index (κ3) is 64900. The van der Waals surface area contributed by atoms with Crippen LogP contribution in [0.3, 0.4) is 0 Å². The summed E-state index contributed by atoms with van der Waals surface area (Å²) in [6.45, 7) is 5.93. The highest BCUT2D eigenvalue weighted by Crippen LogP contribution is 2.26. The predicted octanol–water partition coefficient (Wildman–Crippen LogP) is -0.832. The van der Waals surface area contributed by atoms with E-state index in [4.69, 9.17) is 43.6 Å². The molecule has 0 aliphatic heterocycles. The Morgan fingerprint density at radius 1 is 0.800 bits per heavy atom. The largest absolute Gasteiger partial charge is 0.466 e. The zero-order valence-electron chi connectivity index (χ0n) is 8.55. The van der Waals surface area contributed by atoms with Gasteiger partial charge in [0.1, 0.15) is 0 Å². The highest BCUT2D eigenvalue weighted by Gasteiger charge is 2.00. The molecule has 0 heterocycles. The fourth-order valence-corrected chi connectivity index (χ4v) is 0. The van der Waals surface area contributed by atoms with Crippen LogP contribution in [0.25, 0.3) is 0 Å². The molecule has 11 heteroatoms. The molecule has 0 bridgehead atoms. The maximum atomic E-state index is 8.88. The molecule has 0 atom stereocenters. The SMILES string of the molecule is CC.CCO.O=P(O)(O)O.O=P(O)(O)O. The van der Waals surface area contributed by atoms with Gasteiger partial charge >= 0.3 is 15.6 Å². The summed E-state index contributed by atoms with van der Waals surface area (Å²) in [5.74, 6) is 0. The first-order chi connectivity index (χ1) is 6.41. The van der Waals surface area contributed by atoms with Crippen molar-refractivity contribution in [2.24, 2.45) is 0 Å². The van der Waals surface area contributed by atoms with Gasteiger partial charge in [-0.05, 0) is 6.92 Å². The van der Waals surface area contributed by atoms with Crippen LogP contribution in [0.4, 0.5) is 0 Å². The first kappa shape index (κ1) is 24.4. The van der Waals surface area contributed by atoms with E-state index < -0.39 is 15.6 Å². The highest BCUT2D eigenvalue weighted by atomic mass is 31.2. The maximum Gasteiger partial charge on any atom is 0.466 e. The van der Waals surface area contributed by atoms with Gasteiger partial charge in [0, 0.05) is 6.61 Å². The van der Waals surface area contributed by atoms with E-state index in [0.29, 0.717) is 0 Å². The van der Waals surface area contributed by atoms with Crippen LogP contribution in [0.2, 0.25) is 0 Å². The van der Waals surface area contributed by atoms with E-state index in [0.717, 1.165) is 0 Å². The average Bonchev–Trinajstić information content (AvgIpc) is 1.84. The Balaban J connectivity index is -0.0000000574. The van der Waals surface area contributed by atoms with Crippen LogP contribution in [0, 0.1) is 0 Å². The van der Waals surface area contributed by atoms with Gasteiger partial charge in [0.25, 0.3) is 0 Å². The average molecular weight is 272 g/mol. The molecule has 0 aliphatic carbocycles. The molecular formula is C4H18O9P2. The minimum atomic E-state index is -4.64.